The highest BCUT2D eigenvalue weighted by atomic mass is 16.5. The predicted molar refractivity (Wildman–Crippen MR) is 142 cm³/mol. The Hall–Kier alpha value is -3.68. The molecule has 0 radical (unpaired) electrons. The second-order valence-corrected chi connectivity index (χ2v) is 8.63. The first-order valence-corrected chi connectivity index (χ1v) is 12.0. The molecule has 5 rings (SSSR count). The van der Waals surface area contributed by atoms with Crippen LogP contribution in [0.15, 0.2) is 72.9 Å². The van der Waals surface area contributed by atoms with E-state index in [1.165, 1.54) is 0 Å². The minimum Gasteiger partial charge on any atom is -0.494 e. The maximum Gasteiger partial charge on any atom is 0.227 e. The Labute approximate surface area is 206 Å². The molecule has 1 aromatic heterocycles. The van der Waals surface area contributed by atoms with Crippen LogP contribution in [0.2, 0.25) is 0 Å². The summed E-state index contributed by atoms with van der Waals surface area (Å²) < 4.78 is 10.9. The molecule has 7 nitrogen and oxygen atoms in total. The van der Waals surface area contributed by atoms with E-state index >= 15 is 0 Å². The summed E-state index contributed by atoms with van der Waals surface area (Å²) in [6.45, 7) is 5.78. The van der Waals surface area contributed by atoms with Gasteiger partial charge in [-0.2, -0.15) is 0 Å². The molecule has 3 aromatic carbocycles. The number of nitrogens with one attached hydrogen (secondary N) is 1. The monoisotopic (exact) mass is 469 g/mol. The predicted octanol–water partition coefficient (Wildman–Crippen LogP) is 4.82. The molecule has 0 spiro atoms. The van der Waals surface area contributed by atoms with E-state index in [-0.39, 0.29) is 0 Å². The van der Waals surface area contributed by atoms with E-state index in [1.807, 2.05) is 42.6 Å². The molecule has 0 saturated carbocycles. The zero-order valence-electron chi connectivity index (χ0n) is 20.3. The van der Waals surface area contributed by atoms with Crippen LogP contribution in [0.4, 0.5) is 17.3 Å². The smallest absolute Gasteiger partial charge is 0.227 e. The van der Waals surface area contributed by atoms with Crippen LogP contribution < -0.4 is 15.0 Å². The van der Waals surface area contributed by atoms with Crippen molar-refractivity contribution in [1.82, 2.24) is 14.9 Å². The van der Waals surface area contributed by atoms with E-state index in [9.17, 15) is 0 Å². The summed E-state index contributed by atoms with van der Waals surface area (Å²) in [5.41, 5.74) is 5.13. The van der Waals surface area contributed by atoms with Gasteiger partial charge in [0, 0.05) is 68.7 Å². The fraction of sp³-hybridized carbons (Fsp3) is 0.286. The number of fused-ring (bicyclic) bond motifs is 1. The van der Waals surface area contributed by atoms with Gasteiger partial charge in [0.1, 0.15) is 5.75 Å². The number of methoxy groups -OCH3 is 2. The lowest BCUT2D eigenvalue weighted by molar-refractivity contribution is 0.144. The zero-order valence-corrected chi connectivity index (χ0v) is 20.3. The Morgan fingerprint density at radius 1 is 0.914 bits per heavy atom. The van der Waals surface area contributed by atoms with Gasteiger partial charge in [-0.15, -0.1) is 0 Å². The number of hydrogen-bond donors (Lipinski definition) is 1. The third kappa shape index (κ3) is 5.21. The first-order chi connectivity index (χ1) is 17.2. The molecule has 2 heterocycles. The molecule has 0 atom stereocenters. The highest BCUT2D eigenvalue weighted by Crippen LogP contribution is 2.33. The summed E-state index contributed by atoms with van der Waals surface area (Å²) in [5, 5.41) is 4.37. The maximum absolute atomic E-state index is 5.73. The van der Waals surface area contributed by atoms with Crippen molar-refractivity contribution in [2.75, 3.05) is 63.8 Å². The number of rotatable bonds is 8. The van der Waals surface area contributed by atoms with Crippen molar-refractivity contribution in [3.63, 3.8) is 0 Å². The van der Waals surface area contributed by atoms with E-state index in [2.05, 4.69) is 50.4 Å². The van der Waals surface area contributed by atoms with Crippen molar-refractivity contribution in [1.29, 1.82) is 0 Å². The largest absolute Gasteiger partial charge is 0.494 e. The zero-order chi connectivity index (χ0) is 24.0. The molecule has 180 valence electrons. The number of benzene rings is 3. The lowest BCUT2D eigenvalue weighted by atomic mass is 10.0. The fourth-order valence-electron chi connectivity index (χ4n) is 4.52. The summed E-state index contributed by atoms with van der Waals surface area (Å²) in [4.78, 5) is 14.3. The van der Waals surface area contributed by atoms with Gasteiger partial charge in [-0.1, -0.05) is 48.5 Å². The second kappa shape index (κ2) is 10.7. The van der Waals surface area contributed by atoms with E-state index in [0.29, 0.717) is 5.95 Å². The van der Waals surface area contributed by atoms with Crippen LogP contribution >= 0.6 is 0 Å². The van der Waals surface area contributed by atoms with Gasteiger partial charge in [-0.05, 0) is 17.7 Å². The molecule has 1 fully saturated rings. The molecule has 0 aliphatic carbocycles. The minimum absolute atomic E-state index is 0.540. The number of piperazine rings is 1. The first kappa shape index (κ1) is 23.1. The Morgan fingerprint density at radius 3 is 2.51 bits per heavy atom. The van der Waals surface area contributed by atoms with E-state index in [0.717, 1.165) is 78.5 Å². The number of hydrogen-bond acceptors (Lipinski definition) is 7. The number of para-hydroxylation sites is 1. The van der Waals surface area contributed by atoms with E-state index < -0.39 is 0 Å². The van der Waals surface area contributed by atoms with Crippen molar-refractivity contribution < 1.29 is 9.47 Å². The lowest BCUT2D eigenvalue weighted by Crippen LogP contribution is -2.47. The summed E-state index contributed by atoms with van der Waals surface area (Å²) in [5.74, 6) is 1.31. The van der Waals surface area contributed by atoms with Gasteiger partial charge in [0.25, 0.3) is 0 Å². The van der Waals surface area contributed by atoms with Gasteiger partial charge < -0.3 is 19.7 Å². The van der Waals surface area contributed by atoms with Crippen molar-refractivity contribution >= 4 is 28.2 Å². The molecule has 0 amide bonds. The van der Waals surface area contributed by atoms with Gasteiger partial charge >= 0.3 is 0 Å². The summed E-state index contributed by atoms with van der Waals surface area (Å²) in [7, 11) is 3.45. The van der Waals surface area contributed by atoms with Gasteiger partial charge in [-0.3, -0.25) is 4.90 Å². The normalized spacial score (nSPS) is 14.3. The average molecular weight is 470 g/mol. The van der Waals surface area contributed by atoms with Gasteiger partial charge in [0.2, 0.25) is 5.95 Å². The lowest BCUT2D eigenvalue weighted by Gasteiger charge is -2.36. The Kier molecular flexibility index (Phi) is 7.07. The summed E-state index contributed by atoms with van der Waals surface area (Å²) >= 11 is 0. The Balaban J connectivity index is 1.36. The molecule has 1 aliphatic heterocycles. The van der Waals surface area contributed by atoms with Crippen LogP contribution in [-0.2, 0) is 4.74 Å². The molecule has 35 heavy (non-hydrogen) atoms. The van der Waals surface area contributed by atoms with Crippen molar-refractivity contribution in [2.24, 2.45) is 0 Å². The van der Waals surface area contributed by atoms with Crippen molar-refractivity contribution in [2.45, 2.75) is 0 Å². The topological polar surface area (TPSA) is 62.8 Å². The third-order valence-electron chi connectivity index (χ3n) is 6.48. The SMILES string of the molecule is COCCN1CCN(c2ccc(Nc3ncc4cccc(-c5ccccc5)c4n3)c(OC)c2)CC1. The molecular formula is C28H31N5O2. The van der Waals surface area contributed by atoms with Crippen LogP contribution in [0.5, 0.6) is 5.75 Å². The maximum atomic E-state index is 5.73. The highest BCUT2D eigenvalue weighted by molar-refractivity contribution is 5.93. The van der Waals surface area contributed by atoms with Crippen molar-refractivity contribution in [3.05, 3.63) is 72.9 Å². The van der Waals surface area contributed by atoms with Crippen LogP contribution in [0.3, 0.4) is 0 Å². The first-order valence-electron chi connectivity index (χ1n) is 12.0. The molecule has 1 saturated heterocycles. The molecule has 1 aliphatic rings. The van der Waals surface area contributed by atoms with Gasteiger partial charge in [-0.25, -0.2) is 9.97 Å². The molecule has 0 bridgehead atoms. The van der Waals surface area contributed by atoms with Crippen LogP contribution in [0, 0.1) is 0 Å². The molecular weight excluding hydrogens is 438 g/mol. The van der Waals surface area contributed by atoms with Crippen molar-refractivity contribution in [3.8, 4) is 16.9 Å². The quantitative estimate of drug-likeness (QED) is 0.397. The average Bonchev–Trinajstić information content (AvgIpc) is 2.92. The van der Waals surface area contributed by atoms with Crippen LogP contribution in [0.25, 0.3) is 22.0 Å². The number of nitrogens with zero attached hydrogens (tertiary/aromatic N) is 4. The Bertz CT molecular complexity index is 1270. The molecule has 4 aromatic rings. The van der Waals surface area contributed by atoms with Gasteiger partial charge in [0.05, 0.1) is 24.9 Å². The van der Waals surface area contributed by atoms with Crippen LogP contribution in [-0.4, -0.2) is 68.4 Å². The summed E-state index contributed by atoms with van der Waals surface area (Å²) in [6.07, 6.45) is 1.86. The minimum atomic E-state index is 0.540. The highest BCUT2D eigenvalue weighted by Gasteiger charge is 2.18. The summed E-state index contributed by atoms with van der Waals surface area (Å²) in [6, 6.07) is 22.7. The van der Waals surface area contributed by atoms with Gasteiger partial charge in [0.15, 0.2) is 0 Å². The third-order valence-corrected chi connectivity index (χ3v) is 6.48. The number of anilines is 3. The van der Waals surface area contributed by atoms with E-state index in [1.54, 1.807) is 14.2 Å². The standard InChI is InChI=1S/C28H31N5O2/c1-34-18-17-32-13-15-33(16-14-32)23-11-12-25(26(19-23)35-2)30-28-29-20-22-9-6-10-24(27(22)31-28)21-7-4-3-5-8-21/h3-12,19-20H,13-18H2,1-2H3,(H,29,30,31). The fourth-order valence-corrected chi connectivity index (χ4v) is 4.52. The van der Waals surface area contributed by atoms with Crippen LogP contribution in [0.1, 0.15) is 0 Å². The number of ether oxygens (including phenoxy) is 2. The molecule has 0 unspecified atom stereocenters. The Morgan fingerprint density at radius 2 is 1.74 bits per heavy atom. The number of aromatic nitrogens is 2. The second-order valence-electron chi connectivity index (χ2n) is 8.63. The molecule has 1 N–H and O–H groups in total. The van der Waals surface area contributed by atoms with E-state index in [4.69, 9.17) is 14.5 Å². The molecule has 7 heteroatoms.